The number of carbonyl (C=O) groups excluding carboxylic acids is 2. The molecular formula is C18H34Cl2N4O4. The summed E-state index contributed by atoms with van der Waals surface area (Å²) in [4.78, 5) is 28.1. The van der Waals surface area contributed by atoms with Gasteiger partial charge < -0.3 is 29.9 Å². The standard InChI is InChI=1S/C18H32N4O4.2ClH/c23-17(21-11-7-19-8-12-21)25-15-3-1-4-16(6-2-5-15)26-18(24)22-13-9-20-10-14-22;;/h15-16,19-20H,1-14H2;2*1H. The Bertz CT molecular complexity index is 425. The van der Waals surface area contributed by atoms with Crippen LogP contribution in [0.3, 0.4) is 0 Å². The van der Waals surface area contributed by atoms with Crippen LogP contribution in [0.4, 0.5) is 9.59 Å². The van der Waals surface area contributed by atoms with Crippen molar-refractivity contribution in [3.63, 3.8) is 0 Å². The summed E-state index contributed by atoms with van der Waals surface area (Å²) < 4.78 is 11.4. The number of nitrogens with zero attached hydrogens (tertiary/aromatic N) is 2. The van der Waals surface area contributed by atoms with Gasteiger partial charge in [-0.2, -0.15) is 0 Å². The van der Waals surface area contributed by atoms with Gasteiger partial charge in [0.15, 0.2) is 0 Å². The minimum absolute atomic E-state index is 0. The number of amides is 2. The van der Waals surface area contributed by atoms with Crippen LogP contribution in [0.25, 0.3) is 0 Å². The van der Waals surface area contributed by atoms with Crippen molar-refractivity contribution >= 4 is 37.0 Å². The molecule has 3 rings (SSSR count). The van der Waals surface area contributed by atoms with Crippen LogP contribution in [0.2, 0.25) is 0 Å². The van der Waals surface area contributed by atoms with E-state index in [0.717, 1.165) is 90.9 Å². The number of hydrogen-bond donors (Lipinski definition) is 2. The highest BCUT2D eigenvalue weighted by Gasteiger charge is 2.26. The second-order valence-corrected chi connectivity index (χ2v) is 7.35. The van der Waals surface area contributed by atoms with Gasteiger partial charge in [0.25, 0.3) is 0 Å². The summed E-state index contributed by atoms with van der Waals surface area (Å²) >= 11 is 0. The third-order valence-corrected chi connectivity index (χ3v) is 5.39. The van der Waals surface area contributed by atoms with E-state index < -0.39 is 0 Å². The number of piperazine rings is 2. The van der Waals surface area contributed by atoms with Crippen molar-refractivity contribution in [2.75, 3.05) is 52.4 Å². The first-order valence-corrected chi connectivity index (χ1v) is 10.0. The number of ether oxygens (including phenoxy) is 2. The Balaban J connectivity index is 0.00000196. The van der Waals surface area contributed by atoms with Crippen molar-refractivity contribution in [2.24, 2.45) is 0 Å². The van der Waals surface area contributed by atoms with E-state index >= 15 is 0 Å². The Labute approximate surface area is 179 Å². The molecule has 0 spiro atoms. The molecule has 3 fully saturated rings. The monoisotopic (exact) mass is 440 g/mol. The fourth-order valence-electron chi connectivity index (χ4n) is 3.80. The molecule has 1 aliphatic carbocycles. The largest absolute Gasteiger partial charge is 0.446 e. The van der Waals surface area contributed by atoms with Gasteiger partial charge in [0, 0.05) is 52.4 Å². The van der Waals surface area contributed by atoms with Crippen molar-refractivity contribution in [1.82, 2.24) is 20.4 Å². The van der Waals surface area contributed by atoms with Crippen LogP contribution in [0.15, 0.2) is 0 Å². The van der Waals surface area contributed by atoms with E-state index in [9.17, 15) is 9.59 Å². The second kappa shape index (κ2) is 13.3. The molecule has 0 aromatic rings. The molecule has 2 heterocycles. The summed E-state index contributed by atoms with van der Waals surface area (Å²) in [5, 5.41) is 6.48. The Morgan fingerprint density at radius 2 is 0.964 bits per heavy atom. The zero-order valence-corrected chi connectivity index (χ0v) is 18.0. The van der Waals surface area contributed by atoms with Gasteiger partial charge >= 0.3 is 12.2 Å². The number of halogens is 2. The Morgan fingerprint density at radius 1 is 0.643 bits per heavy atom. The summed E-state index contributed by atoms with van der Waals surface area (Å²) in [6, 6.07) is 0. The molecule has 0 radical (unpaired) electrons. The van der Waals surface area contributed by atoms with Crippen LogP contribution in [-0.4, -0.2) is 86.6 Å². The van der Waals surface area contributed by atoms with Gasteiger partial charge in [0.1, 0.15) is 12.2 Å². The minimum atomic E-state index is -0.182. The van der Waals surface area contributed by atoms with Crippen molar-refractivity contribution in [1.29, 1.82) is 0 Å². The molecule has 164 valence electrons. The molecule has 0 aromatic carbocycles. The molecular weight excluding hydrogens is 407 g/mol. The van der Waals surface area contributed by atoms with E-state index in [-0.39, 0.29) is 49.2 Å². The molecule has 8 nitrogen and oxygen atoms in total. The van der Waals surface area contributed by atoms with E-state index in [1.807, 2.05) is 0 Å². The van der Waals surface area contributed by atoms with Crippen molar-refractivity contribution in [3.05, 3.63) is 0 Å². The lowest BCUT2D eigenvalue weighted by Gasteiger charge is -2.31. The number of rotatable bonds is 2. The van der Waals surface area contributed by atoms with E-state index in [0.29, 0.717) is 0 Å². The Morgan fingerprint density at radius 3 is 1.29 bits per heavy atom. The first-order valence-electron chi connectivity index (χ1n) is 10.0. The van der Waals surface area contributed by atoms with Crippen molar-refractivity contribution < 1.29 is 19.1 Å². The molecule has 10 heteroatoms. The average Bonchev–Trinajstić information content (AvgIpc) is 2.66. The van der Waals surface area contributed by atoms with Gasteiger partial charge in [-0.25, -0.2) is 9.59 Å². The van der Waals surface area contributed by atoms with E-state index in [1.165, 1.54) is 0 Å². The molecule has 0 aromatic heterocycles. The molecule has 0 bridgehead atoms. The third kappa shape index (κ3) is 7.81. The summed E-state index contributed by atoms with van der Waals surface area (Å²) in [5.41, 5.74) is 0. The highest BCUT2D eigenvalue weighted by molar-refractivity contribution is 5.85. The lowest BCUT2D eigenvalue weighted by Crippen LogP contribution is -2.47. The normalized spacial score (nSPS) is 26.0. The van der Waals surface area contributed by atoms with E-state index in [2.05, 4.69) is 10.6 Å². The van der Waals surface area contributed by atoms with Gasteiger partial charge in [-0.05, 0) is 38.5 Å². The van der Waals surface area contributed by atoms with Crippen molar-refractivity contribution in [3.8, 4) is 0 Å². The topological polar surface area (TPSA) is 83.1 Å². The van der Waals surface area contributed by atoms with E-state index in [4.69, 9.17) is 9.47 Å². The maximum Gasteiger partial charge on any atom is 0.410 e. The second-order valence-electron chi connectivity index (χ2n) is 7.35. The van der Waals surface area contributed by atoms with Gasteiger partial charge in [0.2, 0.25) is 0 Å². The maximum absolute atomic E-state index is 12.2. The predicted molar refractivity (Wildman–Crippen MR) is 112 cm³/mol. The summed E-state index contributed by atoms with van der Waals surface area (Å²) in [5.74, 6) is 0. The van der Waals surface area contributed by atoms with Crippen LogP contribution in [0.1, 0.15) is 38.5 Å². The first kappa shape index (κ1) is 25.1. The van der Waals surface area contributed by atoms with Crippen LogP contribution in [0, 0.1) is 0 Å². The summed E-state index contributed by atoms with van der Waals surface area (Å²) in [6.45, 7) is 6.20. The summed E-state index contributed by atoms with van der Waals surface area (Å²) in [6.07, 6.45) is 4.83. The summed E-state index contributed by atoms with van der Waals surface area (Å²) in [7, 11) is 0. The van der Waals surface area contributed by atoms with Crippen LogP contribution >= 0.6 is 24.8 Å². The molecule has 28 heavy (non-hydrogen) atoms. The molecule has 1 saturated carbocycles. The molecule has 2 amide bonds. The van der Waals surface area contributed by atoms with Crippen molar-refractivity contribution in [2.45, 2.75) is 50.7 Å². The molecule has 2 saturated heterocycles. The predicted octanol–water partition coefficient (Wildman–Crippen LogP) is 2.00. The third-order valence-electron chi connectivity index (χ3n) is 5.39. The smallest absolute Gasteiger partial charge is 0.410 e. The lowest BCUT2D eigenvalue weighted by molar-refractivity contribution is 0.0254. The maximum atomic E-state index is 12.2. The average molecular weight is 441 g/mol. The van der Waals surface area contributed by atoms with Crippen LogP contribution < -0.4 is 10.6 Å². The Kier molecular flexibility index (Phi) is 11.9. The van der Waals surface area contributed by atoms with Gasteiger partial charge in [0.05, 0.1) is 0 Å². The van der Waals surface area contributed by atoms with Crippen LogP contribution in [-0.2, 0) is 9.47 Å². The molecule has 0 unspecified atom stereocenters. The first-order chi connectivity index (χ1) is 12.7. The van der Waals surface area contributed by atoms with Crippen LogP contribution in [0.5, 0.6) is 0 Å². The number of hydrogen-bond acceptors (Lipinski definition) is 6. The molecule has 3 aliphatic rings. The number of carbonyl (C=O) groups is 2. The van der Waals surface area contributed by atoms with Gasteiger partial charge in [-0.15, -0.1) is 24.8 Å². The molecule has 2 N–H and O–H groups in total. The Hall–Kier alpha value is -0.960. The van der Waals surface area contributed by atoms with E-state index in [1.54, 1.807) is 9.80 Å². The number of nitrogens with one attached hydrogen (secondary N) is 2. The fraction of sp³-hybridized carbons (Fsp3) is 0.889. The zero-order chi connectivity index (χ0) is 18.2. The lowest BCUT2D eigenvalue weighted by atomic mass is 9.96. The minimum Gasteiger partial charge on any atom is -0.446 e. The fourth-order valence-corrected chi connectivity index (χ4v) is 3.80. The van der Waals surface area contributed by atoms with Gasteiger partial charge in [-0.1, -0.05) is 0 Å². The van der Waals surface area contributed by atoms with Gasteiger partial charge in [-0.3, -0.25) is 0 Å². The zero-order valence-electron chi connectivity index (χ0n) is 16.4. The SMILES string of the molecule is Cl.Cl.O=C(OC1CCCC(OC(=O)N2CCNCC2)CCC1)N1CCNCC1. The molecule has 0 atom stereocenters. The highest BCUT2D eigenvalue weighted by atomic mass is 35.5. The quantitative estimate of drug-likeness (QED) is 0.682. The highest BCUT2D eigenvalue weighted by Crippen LogP contribution is 2.23. The molecule has 2 aliphatic heterocycles.